The number of carboxylic acids is 1. The molecule has 1 aromatic carbocycles. The highest BCUT2D eigenvalue weighted by Crippen LogP contribution is 2.20. The van der Waals surface area contributed by atoms with E-state index >= 15 is 0 Å². The summed E-state index contributed by atoms with van der Waals surface area (Å²) in [5.74, 6) is -1.14. The predicted octanol–water partition coefficient (Wildman–Crippen LogP) is 2.33. The first-order chi connectivity index (χ1) is 13.1. The largest absolute Gasteiger partial charge is 0.493 e. The minimum atomic E-state index is -1.26. The van der Waals surface area contributed by atoms with Gasteiger partial charge in [-0.25, -0.2) is 0 Å². The fourth-order valence-electron chi connectivity index (χ4n) is 2.81. The number of carbonyl (C=O) groups is 2. The highest BCUT2D eigenvalue weighted by Gasteiger charge is 2.35. The average molecular weight is 396 g/mol. The molecule has 2 unspecified atom stereocenters. The monoisotopic (exact) mass is 395 g/mol. The van der Waals surface area contributed by atoms with Crippen LogP contribution in [0.3, 0.4) is 0 Å². The molecule has 0 radical (unpaired) electrons. The summed E-state index contributed by atoms with van der Waals surface area (Å²) < 4.78 is 11.7. The standard InChI is InChI=1S/C21H34N2O5/c1-5-6-7-8-12-27-16-10-9-11-17(13-16)28-15-19(24)18(14-23(2,3)4)20(22)21(25)26/h9-11,13,18,20H,5-8,12,14-15,22H2,1-4H3/p+1. The maximum atomic E-state index is 12.6. The molecule has 2 atom stereocenters. The van der Waals surface area contributed by atoms with Crippen molar-refractivity contribution < 1.29 is 28.7 Å². The Morgan fingerprint density at radius 2 is 1.75 bits per heavy atom. The van der Waals surface area contributed by atoms with Crippen LogP contribution in [0, 0.1) is 5.92 Å². The number of nitrogens with zero attached hydrogens (tertiary/aromatic N) is 1. The molecule has 1 rings (SSSR count). The van der Waals surface area contributed by atoms with Crippen LogP contribution in [0.1, 0.15) is 32.6 Å². The molecule has 0 heterocycles. The maximum Gasteiger partial charge on any atom is 0.321 e. The van der Waals surface area contributed by atoms with Gasteiger partial charge in [0.2, 0.25) is 0 Å². The number of carbonyl (C=O) groups excluding carboxylic acids is 1. The first-order valence-electron chi connectivity index (χ1n) is 9.81. The van der Waals surface area contributed by atoms with Gasteiger partial charge in [0, 0.05) is 6.07 Å². The van der Waals surface area contributed by atoms with Crippen LogP contribution in [0.25, 0.3) is 0 Å². The van der Waals surface area contributed by atoms with Crippen LogP contribution in [-0.4, -0.2) is 68.3 Å². The van der Waals surface area contributed by atoms with Crippen molar-refractivity contribution in [3.05, 3.63) is 24.3 Å². The van der Waals surface area contributed by atoms with E-state index in [0.29, 0.717) is 29.1 Å². The zero-order chi connectivity index (χ0) is 21.2. The normalized spacial score (nSPS) is 13.6. The molecule has 7 nitrogen and oxygen atoms in total. The molecule has 0 aliphatic carbocycles. The first kappa shape index (κ1) is 23.9. The Morgan fingerprint density at radius 1 is 1.11 bits per heavy atom. The summed E-state index contributed by atoms with van der Waals surface area (Å²) in [6, 6.07) is 5.86. The number of nitrogens with two attached hydrogens (primary N) is 1. The van der Waals surface area contributed by atoms with Crippen LogP contribution in [0.5, 0.6) is 11.5 Å². The van der Waals surface area contributed by atoms with Gasteiger partial charge in [0.1, 0.15) is 24.1 Å². The fourth-order valence-corrected chi connectivity index (χ4v) is 2.81. The highest BCUT2D eigenvalue weighted by molar-refractivity contribution is 5.89. The van der Waals surface area contributed by atoms with E-state index in [1.807, 2.05) is 27.2 Å². The van der Waals surface area contributed by atoms with Crippen molar-refractivity contribution in [1.82, 2.24) is 0 Å². The second-order valence-electron chi connectivity index (χ2n) is 8.08. The van der Waals surface area contributed by atoms with Crippen LogP contribution < -0.4 is 15.2 Å². The second kappa shape index (κ2) is 11.7. The Hall–Kier alpha value is -2.12. The third-order valence-corrected chi connectivity index (χ3v) is 4.33. The molecule has 158 valence electrons. The first-order valence-corrected chi connectivity index (χ1v) is 9.81. The fraction of sp³-hybridized carbons (Fsp3) is 0.619. The van der Waals surface area contributed by atoms with Gasteiger partial charge in [0.15, 0.2) is 5.78 Å². The van der Waals surface area contributed by atoms with E-state index < -0.39 is 17.9 Å². The molecular weight excluding hydrogens is 360 g/mol. The number of rotatable bonds is 14. The minimum Gasteiger partial charge on any atom is -0.493 e. The van der Waals surface area contributed by atoms with E-state index in [1.165, 1.54) is 12.8 Å². The van der Waals surface area contributed by atoms with Crippen molar-refractivity contribution in [2.45, 2.75) is 38.6 Å². The number of unbranched alkanes of at least 4 members (excludes halogenated alkanes) is 3. The van der Waals surface area contributed by atoms with Gasteiger partial charge in [-0.15, -0.1) is 0 Å². The number of hydrogen-bond donors (Lipinski definition) is 2. The van der Waals surface area contributed by atoms with Crippen molar-refractivity contribution in [3.63, 3.8) is 0 Å². The number of hydrogen-bond acceptors (Lipinski definition) is 5. The van der Waals surface area contributed by atoms with Crippen LogP contribution in [0.15, 0.2) is 24.3 Å². The van der Waals surface area contributed by atoms with E-state index in [0.717, 1.165) is 12.8 Å². The Bertz CT molecular complexity index is 627. The predicted molar refractivity (Wildman–Crippen MR) is 109 cm³/mol. The number of ketones is 1. The lowest BCUT2D eigenvalue weighted by molar-refractivity contribution is -0.872. The lowest BCUT2D eigenvalue weighted by Crippen LogP contribution is -2.52. The Balaban J connectivity index is 2.63. The van der Waals surface area contributed by atoms with E-state index in [4.69, 9.17) is 15.2 Å². The molecule has 1 aromatic rings. The van der Waals surface area contributed by atoms with E-state index in [2.05, 4.69) is 6.92 Å². The lowest BCUT2D eigenvalue weighted by Gasteiger charge is -2.30. The molecule has 7 heteroatoms. The molecule has 0 saturated carbocycles. The van der Waals surface area contributed by atoms with E-state index in [9.17, 15) is 14.7 Å². The zero-order valence-electron chi connectivity index (χ0n) is 17.5. The van der Waals surface area contributed by atoms with E-state index in [-0.39, 0.29) is 12.4 Å². The highest BCUT2D eigenvalue weighted by atomic mass is 16.5. The molecule has 0 fully saturated rings. The summed E-state index contributed by atoms with van der Waals surface area (Å²) in [5.41, 5.74) is 5.75. The van der Waals surface area contributed by atoms with Crippen LogP contribution in [-0.2, 0) is 9.59 Å². The Kier molecular flexibility index (Phi) is 9.96. The molecule has 0 aromatic heterocycles. The third-order valence-electron chi connectivity index (χ3n) is 4.33. The molecule has 0 aliphatic heterocycles. The Labute approximate surface area is 168 Å². The lowest BCUT2D eigenvalue weighted by atomic mass is 9.94. The average Bonchev–Trinajstić information content (AvgIpc) is 2.63. The molecule has 0 amide bonds. The van der Waals surface area contributed by atoms with Crippen LogP contribution >= 0.6 is 0 Å². The topological polar surface area (TPSA) is 98.9 Å². The molecule has 0 aliphatic rings. The van der Waals surface area contributed by atoms with E-state index in [1.54, 1.807) is 18.2 Å². The summed E-state index contributed by atoms with van der Waals surface area (Å²) in [6.07, 6.45) is 4.51. The Morgan fingerprint density at radius 3 is 2.32 bits per heavy atom. The van der Waals surface area contributed by atoms with Crippen LogP contribution in [0.2, 0.25) is 0 Å². The summed E-state index contributed by atoms with van der Waals surface area (Å²) in [5, 5.41) is 9.21. The number of Topliss-reactive ketones (excluding diaryl/α,β-unsaturated/α-hetero) is 1. The SMILES string of the molecule is CCCCCCOc1cccc(OCC(=O)C(C[N+](C)(C)C)C(N)C(=O)O)c1. The summed E-state index contributed by atoms with van der Waals surface area (Å²) in [4.78, 5) is 23.9. The van der Waals surface area contributed by atoms with Gasteiger partial charge in [0.05, 0.1) is 40.2 Å². The zero-order valence-corrected chi connectivity index (χ0v) is 17.5. The third kappa shape index (κ3) is 9.19. The minimum absolute atomic E-state index is 0.231. The number of ether oxygens (including phenoxy) is 2. The molecule has 0 saturated heterocycles. The summed E-state index contributed by atoms with van der Waals surface area (Å²) >= 11 is 0. The molecule has 28 heavy (non-hydrogen) atoms. The summed E-state index contributed by atoms with van der Waals surface area (Å²) in [7, 11) is 5.66. The number of carboxylic acid groups (broad SMARTS) is 1. The van der Waals surface area contributed by atoms with Crippen molar-refractivity contribution in [2.24, 2.45) is 11.7 Å². The summed E-state index contributed by atoms with van der Waals surface area (Å²) in [6.45, 7) is 2.89. The van der Waals surface area contributed by atoms with Crippen molar-refractivity contribution in [1.29, 1.82) is 0 Å². The smallest absolute Gasteiger partial charge is 0.321 e. The number of benzene rings is 1. The maximum absolute atomic E-state index is 12.6. The van der Waals surface area contributed by atoms with Crippen molar-refractivity contribution in [2.75, 3.05) is 40.9 Å². The van der Waals surface area contributed by atoms with Gasteiger partial charge >= 0.3 is 5.97 Å². The molecule has 3 N–H and O–H groups in total. The quantitative estimate of drug-likeness (QED) is 0.370. The van der Waals surface area contributed by atoms with Gasteiger partial charge < -0.3 is 24.8 Å². The second-order valence-corrected chi connectivity index (χ2v) is 8.08. The van der Waals surface area contributed by atoms with Gasteiger partial charge in [0.25, 0.3) is 0 Å². The van der Waals surface area contributed by atoms with Gasteiger partial charge in [-0.05, 0) is 18.6 Å². The molecular formula is C21H35N2O5+. The van der Waals surface area contributed by atoms with Gasteiger partial charge in [-0.2, -0.15) is 0 Å². The van der Waals surface area contributed by atoms with Crippen molar-refractivity contribution >= 4 is 11.8 Å². The number of aliphatic carboxylic acids is 1. The molecule has 0 bridgehead atoms. The van der Waals surface area contributed by atoms with Crippen LogP contribution in [0.4, 0.5) is 0 Å². The molecule has 0 spiro atoms. The van der Waals surface area contributed by atoms with Gasteiger partial charge in [-0.3, -0.25) is 9.59 Å². The van der Waals surface area contributed by atoms with Crippen molar-refractivity contribution in [3.8, 4) is 11.5 Å². The van der Waals surface area contributed by atoms with Gasteiger partial charge in [-0.1, -0.05) is 32.3 Å². The number of quaternary nitrogens is 1.